The number of hydrogen-bond donors (Lipinski definition) is 0. The van der Waals surface area contributed by atoms with Gasteiger partial charge in [-0.2, -0.15) is 0 Å². The van der Waals surface area contributed by atoms with Crippen molar-refractivity contribution < 1.29 is 4.74 Å². The zero-order chi connectivity index (χ0) is 12.8. The van der Waals surface area contributed by atoms with Crippen molar-refractivity contribution in [2.24, 2.45) is 0 Å². The van der Waals surface area contributed by atoms with Gasteiger partial charge in [-0.3, -0.25) is 4.90 Å². The van der Waals surface area contributed by atoms with Gasteiger partial charge in [-0.15, -0.1) is 0 Å². The molecular formula is C16H25NO. The van der Waals surface area contributed by atoms with E-state index in [0.29, 0.717) is 6.04 Å². The molecule has 0 N–H and O–H groups in total. The molecule has 1 saturated heterocycles. The van der Waals surface area contributed by atoms with Crippen molar-refractivity contribution >= 4 is 0 Å². The second-order valence-corrected chi connectivity index (χ2v) is 5.17. The fourth-order valence-electron chi connectivity index (χ4n) is 2.86. The summed E-state index contributed by atoms with van der Waals surface area (Å²) < 4.78 is 5.22. The molecule has 0 bridgehead atoms. The van der Waals surface area contributed by atoms with Gasteiger partial charge in [0.2, 0.25) is 0 Å². The summed E-state index contributed by atoms with van der Waals surface area (Å²) in [5.41, 5.74) is 1.45. The van der Waals surface area contributed by atoms with Gasteiger partial charge in [0.1, 0.15) is 5.75 Å². The summed E-state index contributed by atoms with van der Waals surface area (Å²) in [7, 11) is 1.72. The molecule has 100 valence electrons. The standard InChI is InChI=1S/C16H25NO/c1-3-4-5-12-17-13-6-7-16(17)14-8-10-15(18-2)11-9-14/h8-11,16H,3-7,12-13H2,1-2H3. The smallest absolute Gasteiger partial charge is 0.118 e. The molecule has 0 aromatic heterocycles. The summed E-state index contributed by atoms with van der Waals surface area (Å²) in [6.07, 6.45) is 6.64. The molecule has 1 heterocycles. The number of hydrogen-bond acceptors (Lipinski definition) is 2. The molecule has 1 unspecified atom stereocenters. The lowest BCUT2D eigenvalue weighted by molar-refractivity contribution is 0.251. The number of ether oxygens (including phenoxy) is 1. The molecule has 0 aliphatic carbocycles. The van der Waals surface area contributed by atoms with Gasteiger partial charge in [0.15, 0.2) is 0 Å². The molecule has 0 radical (unpaired) electrons. The van der Waals surface area contributed by atoms with E-state index in [1.807, 2.05) is 0 Å². The van der Waals surface area contributed by atoms with Crippen molar-refractivity contribution in [3.63, 3.8) is 0 Å². The summed E-state index contributed by atoms with van der Waals surface area (Å²) >= 11 is 0. The molecule has 0 saturated carbocycles. The fourth-order valence-corrected chi connectivity index (χ4v) is 2.86. The monoisotopic (exact) mass is 247 g/mol. The Kier molecular flexibility index (Phi) is 5.06. The Labute approximate surface area is 111 Å². The summed E-state index contributed by atoms with van der Waals surface area (Å²) in [5.74, 6) is 0.953. The summed E-state index contributed by atoms with van der Waals surface area (Å²) in [6.45, 7) is 4.79. The quantitative estimate of drug-likeness (QED) is 0.704. The third-order valence-electron chi connectivity index (χ3n) is 3.91. The second kappa shape index (κ2) is 6.79. The van der Waals surface area contributed by atoms with Crippen LogP contribution in [0.1, 0.15) is 50.6 Å². The molecular weight excluding hydrogens is 222 g/mol. The van der Waals surface area contributed by atoms with Crippen LogP contribution in [0, 0.1) is 0 Å². The van der Waals surface area contributed by atoms with Gasteiger partial charge in [0.25, 0.3) is 0 Å². The minimum absolute atomic E-state index is 0.632. The first-order chi connectivity index (χ1) is 8.85. The maximum Gasteiger partial charge on any atom is 0.118 e. The van der Waals surface area contributed by atoms with Crippen LogP contribution in [0.3, 0.4) is 0 Å². The molecule has 2 heteroatoms. The molecule has 18 heavy (non-hydrogen) atoms. The lowest BCUT2D eigenvalue weighted by Gasteiger charge is -2.24. The van der Waals surface area contributed by atoms with Crippen LogP contribution >= 0.6 is 0 Å². The zero-order valence-corrected chi connectivity index (χ0v) is 11.7. The van der Waals surface area contributed by atoms with Gasteiger partial charge in [-0.1, -0.05) is 31.9 Å². The van der Waals surface area contributed by atoms with E-state index < -0.39 is 0 Å². The van der Waals surface area contributed by atoms with E-state index >= 15 is 0 Å². The molecule has 1 aliphatic rings. The molecule has 1 fully saturated rings. The number of methoxy groups -OCH3 is 1. The van der Waals surface area contributed by atoms with Crippen LogP contribution in [-0.4, -0.2) is 25.1 Å². The molecule has 0 spiro atoms. The molecule has 1 aromatic carbocycles. The van der Waals surface area contributed by atoms with Crippen LogP contribution in [0.15, 0.2) is 24.3 Å². The van der Waals surface area contributed by atoms with Crippen LogP contribution in [0.4, 0.5) is 0 Å². The number of likely N-dealkylation sites (tertiary alicyclic amines) is 1. The minimum Gasteiger partial charge on any atom is -0.497 e. The van der Waals surface area contributed by atoms with E-state index in [1.165, 1.54) is 50.8 Å². The molecule has 2 nitrogen and oxygen atoms in total. The summed E-state index contributed by atoms with van der Waals surface area (Å²) in [5, 5.41) is 0. The third kappa shape index (κ3) is 3.26. The van der Waals surface area contributed by atoms with Gasteiger partial charge in [0, 0.05) is 6.04 Å². The van der Waals surface area contributed by atoms with Crippen LogP contribution in [-0.2, 0) is 0 Å². The average Bonchev–Trinajstić information content (AvgIpc) is 2.88. The lowest BCUT2D eigenvalue weighted by Crippen LogP contribution is -2.24. The maximum absolute atomic E-state index is 5.22. The molecule has 0 amide bonds. The van der Waals surface area contributed by atoms with Gasteiger partial charge in [0.05, 0.1) is 7.11 Å². The topological polar surface area (TPSA) is 12.5 Å². The molecule has 1 atom stereocenters. The Hall–Kier alpha value is -1.02. The average molecular weight is 247 g/mol. The van der Waals surface area contributed by atoms with Crippen molar-refractivity contribution in [1.82, 2.24) is 4.90 Å². The second-order valence-electron chi connectivity index (χ2n) is 5.17. The highest BCUT2D eigenvalue weighted by atomic mass is 16.5. The van der Waals surface area contributed by atoms with Crippen LogP contribution in [0.2, 0.25) is 0 Å². The lowest BCUT2D eigenvalue weighted by atomic mass is 10.0. The Morgan fingerprint density at radius 3 is 2.67 bits per heavy atom. The van der Waals surface area contributed by atoms with Crippen LogP contribution in [0.5, 0.6) is 5.75 Å². The first-order valence-electron chi connectivity index (χ1n) is 7.23. The Morgan fingerprint density at radius 2 is 2.00 bits per heavy atom. The molecule has 2 rings (SSSR count). The number of nitrogens with zero attached hydrogens (tertiary/aromatic N) is 1. The van der Waals surface area contributed by atoms with Crippen LogP contribution < -0.4 is 4.74 Å². The summed E-state index contributed by atoms with van der Waals surface area (Å²) in [4.78, 5) is 2.65. The molecule has 1 aromatic rings. The van der Waals surface area contributed by atoms with Gasteiger partial charge >= 0.3 is 0 Å². The van der Waals surface area contributed by atoms with E-state index in [-0.39, 0.29) is 0 Å². The van der Waals surface area contributed by atoms with E-state index in [9.17, 15) is 0 Å². The van der Waals surface area contributed by atoms with E-state index in [2.05, 4.69) is 36.1 Å². The minimum atomic E-state index is 0.632. The maximum atomic E-state index is 5.22. The van der Waals surface area contributed by atoms with Crippen LogP contribution in [0.25, 0.3) is 0 Å². The first kappa shape index (κ1) is 13.4. The van der Waals surface area contributed by atoms with E-state index in [0.717, 1.165) is 5.75 Å². The van der Waals surface area contributed by atoms with Gasteiger partial charge in [-0.25, -0.2) is 0 Å². The van der Waals surface area contributed by atoms with Gasteiger partial charge < -0.3 is 4.74 Å². The highest BCUT2D eigenvalue weighted by Crippen LogP contribution is 2.32. The Morgan fingerprint density at radius 1 is 1.22 bits per heavy atom. The normalized spacial score (nSPS) is 20.2. The summed E-state index contributed by atoms with van der Waals surface area (Å²) in [6, 6.07) is 9.24. The molecule has 1 aliphatic heterocycles. The largest absolute Gasteiger partial charge is 0.497 e. The Balaban J connectivity index is 1.96. The zero-order valence-electron chi connectivity index (χ0n) is 11.7. The van der Waals surface area contributed by atoms with Crippen molar-refractivity contribution in [3.8, 4) is 5.75 Å². The van der Waals surface area contributed by atoms with Crippen molar-refractivity contribution in [1.29, 1.82) is 0 Å². The van der Waals surface area contributed by atoms with Crippen molar-refractivity contribution in [2.45, 2.75) is 45.1 Å². The number of rotatable bonds is 6. The SMILES string of the molecule is CCCCCN1CCCC1c1ccc(OC)cc1. The van der Waals surface area contributed by atoms with Crippen molar-refractivity contribution in [3.05, 3.63) is 29.8 Å². The van der Waals surface area contributed by atoms with E-state index in [4.69, 9.17) is 4.74 Å². The fraction of sp³-hybridized carbons (Fsp3) is 0.625. The predicted octanol–water partition coefficient (Wildman–Crippen LogP) is 4.02. The van der Waals surface area contributed by atoms with E-state index in [1.54, 1.807) is 7.11 Å². The van der Waals surface area contributed by atoms with Gasteiger partial charge in [-0.05, 0) is 50.0 Å². The Bertz CT molecular complexity index is 347. The predicted molar refractivity (Wildman–Crippen MR) is 76.1 cm³/mol. The van der Waals surface area contributed by atoms with Crippen molar-refractivity contribution in [2.75, 3.05) is 20.2 Å². The number of unbranched alkanes of at least 4 members (excludes halogenated alkanes) is 2. The highest BCUT2D eigenvalue weighted by Gasteiger charge is 2.25. The number of benzene rings is 1. The first-order valence-corrected chi connectivity index (χ1v) is 7.23. The third-order valence-corrected chi connectivity index (χ3v) is 3.91. The highest BCUT2D eigenvalue weighted by molar-refractivity contribution is 5.29.